The number of halogens is 2. The molecule has 2 aromatic rings. The van der Waals surface area contributed by atoms with Gasteiger partial charge in [-0.1, -0.05) is 49.2 Å². The maximum atomic E-state index is 14.2. The lowest BCUT2D eigenvalue weighted by atomic mass is 9.80. The van der Waals surface area contributed by atoms with E-state index >= 15 is 0 Å². The van der Waals surface area contributed by atoms with Gasteiger partial charge in [-0.2, -0.15) is 0 Å². The zero-order valence-electron chi connectivity index (χ0n) is 19.9. The lowest BCUT2D eigenvalue weighted by molar-refractivity contribution is -0.154. The third-order valence-corrected chi connectivity index (χ3v) is 6.04. The number of unbranched alkanes of at least 4 members (excludes halogenated alkanes) is 1. The molecular formula is C26H33ClFNO5. The van der Waals surface area contributed by atoms with Crippen LogP contribution >= 0.6 is 11.6 Å². The van der Waals surface area contributed by atoms with E-state index in [1.807, 2.05) is 19.1 Å². The van der Waals surface area contributed by atoms with E-state index in [4.69, 9.17) is 21.1 Å². The van der Waals surface area contributed by atoms with E-state index in [2.05, 4.69) is 5.32 Å². The van der Waals surface area contributed by atoms with Crippen molar-refractivity contribution in [2.75, 3.05) is 19.8 Å². The first-order valence-electron chi connectivity index (χ1n) is 11.5. The molecule has 186 valence electrons. The van der Waals surface area contributed by atoms with Gasteiger partial charge in [0.1, 0.15) is 11.2 Å². The van der Waals surface area contributed by atoms with Crippen LogP contribution in [0, 0.1) is 11.2 Å². The SMILES string of the molecule is CCCCOC(=O)NC(CCc1ccc(-c2cc(Cl)ccc2F)cc1)C(C)(COCC)C(=O)O. The Labute approximate surface area is 205 Å². The summed E-state index contributed by atoms with van der Waals surface area (Å²) in [7, 11) is 0. The molecule has 34 heavy (non-hydrogen) atoms. The van der Waals surface area contributed by atoms with Gasteiger partial charge >= 0.3 is 12.1 Å². The summed E-state index contributed by atoms with van der Waals surface area (Å²) in [6.07, 6.45) is 1.81. The average Bonchev–Trinajstić information content (AvgIpc) is 2.82. The van der Waals surface area contributed by atoms with E-state index in [-0.39, 0.29) is 19.0 Å². The van der Waals surface area contributed by atoms with Gasteiger partial charge in [0.25, 0.3) is 0 Å². The molecule has 0 radical (unpaired) electrons. The van der Waals surface area contributed by atoms with Gasteiger partial charge in [0.2, 0.25) is 0 Å². The van der Waals surface area contributed by atoms with Crippen LogP contribution in [-0.2, 0) is 20.7 Å². The highest BCUT2D eigenvalue weighted by Gasteiger charge is 2.43. The molecule has 0 aliphatic rings. The summed E-state index contributed by atoms with van der Waals surface area (Å²) < 4.78 is 24.8. The van der Waals surface area contributed by atoms with Crippen molar-refractivity contribution in [3.05, 3.63) is 58.9 Å². The molecule has 0 spiro atoms. The number of benzene rings is 2. The van der Waals surface area contributed by atoms with Gasteiger partial charge in [0.15, 0.2) is 0 Å². The number of hydrogen-bond acceptors (Lipinski definition) is 4. The summed E-state index contributed by atoms with van der Waals surface area (Å²) in [5.74, 6) is -1.43. The van der Waals surface area contributed by atoms with Crippen molar-refractivity contribution in [3.63, 3.8) is 0 Å². The lowest BCUT2D eigenvalue weighted by Crippen LogP contribution is -2.53. The summed E-state index contributed by atoms with van der Waals surface area (Å²) in [5.41, 5.74) is 0.665. The molecule has 2 unspecified atom stereocenters. The number of rotatable bonds is 13. The Kier molecular flexibility index (Phi) is 10.8. The van der Waals surface area contributed by atoms with Crippen molar-refractivity contribution < 1.29 is 28.6 Å². The molecule has 2 aromatic carbocycles. The third-order valence-electron chi connectivity index (χ3n) is 5.80. The predicted octanol–water partition coefficient (Wildman–Crippen LogP) is 6.10. The van der Waals surface area contributed by atoms with Crippen LogP contribution in [0.5, 0.6) is 0 Å². The van der Waals surface area contributed by atoms with Gasteiger partial charge in [-0.3, -0.25) is 4.79 Å². The Bertz CT molecular complexity index is 953. The topological polar surface area (TPSA) is 84.9 Å². The van der Waals surface area contributed by atoms with Crippen LogP contribution < -0.4 is 5.32 Å². The van der Waals surface area contributed by atoms with E-state index in [0.717, 1.165) is 18.4 Å². The number of carbonyl (C=O) groups excluding carboxylic acids is 1. The van der Waals surface area contributed by atoms with Crippen molar-refractivity contribution in [2.45, 2.75) is 52.5 Å². The van der Waals surface area contributed by atoms with Crippen molar-refractivity contribution in [1.29, 1.82) is 0 Å². The molecule has 0 aliphatic heterocycles. The number of amides is 1. The monoisotopic (exact) mass is 493 g/mol. The van der Waals surface area contributed by atoms with E-state index in [1.165, 1.54) is 12.1 Å². The molecule has 1 amide bonds. The largest absolute Gasteiger partial charge is 0.481 e. The van der Waals surface area contributed by atoms with Gasteiger partial charge < -0.3 is 19.9 Å². The van der Waals surface area contributed by atoms with Crippen molar-refractivity contribution in [1.82, 2.24) is 5.32 Å². The molecule has 6 nitrogen and oxygen atoms in total. The Hall–Kier alpha value is -2.64. The van der Waals surface area contributed by atoms with Crippen LogP contribution in [0.2, 0.25) is 5.02 Å². The molecule has 0 aliphatic carbocycles. The number of alkyl carbamates (subject to hydrolysis) is 1. The van der Waals surface area contributed by atoms with Crippen LogP contribution in [0.4, 0.5) is 9.18 Å². The number of carboxylic acids is 1. The fourth-order valence-corrected chi connectivity index (χ4v) is 3.72. The molecule has 0 saturated carbocycles. The van der Waals surface area contributed by atoms with E-state index < -0.39 is 23.5 Å². The highest BCUT2D eigenvalue weighted by molar-refractivity contribution is 6.30. The standard InChI is InChI=1S/C26H33ClFNO5/c1-4-6-15-34-25(32)29-23(26(3,24(30)31)17-33-5-2)14-9-18-7-10-19(11-8-18)21-16-20(27)12-13-22(21)28/h7-8,10-13,16,23H,4-6,9,14-15,17H2,1-3H3,(H,29,32)(H,30,31). The molecule has 2 N–H and O–H groups in total. The van der Waals surface area contributed by atoms with Crippen LogP contribution in [0.1, 0.15) is 45.6 Å². The van der Waals surface area contributed by atoms with Gasteiger partial charge in [-0.05, 0) is 62.4 Å². The van der Waals surface area contributed by atoms with Crippen LogP contribution in [0.3, 0.4) is 0 Å². The average molecular weight is 494 g/mol. The number of hydrogen-bond donors (Lipinski definition) is 2. The number of aryl methyl sites for hydroxylation is 1. The van der Waals surface area contributed by atoms with Crippen LogP contribution in [-0.4, -0.2) is 43.0 Å². The summed E-state index contributed by atoms with van der Waals surface area (Å²) in [6, 6.07) is 11.0. The molecule has 2 rings (SSSR count). The highest BCUT2D eigenvalue weighted by atomic mass is 35.5. The van der Waals surface area contributed by atoms with E-state index in [0.29, 0.717) is 35.6 Å². The summed E-state index contributed by atoms with van der Waals surface area (Å²) >= 11 is 6.00. The normalized spacial score (nSPS) is 13.7. The minimum Gasteiger partial charge on any atom is -0.481 e. The quantitative estimate of drug-likeness (QED) is 0.329. The Balaban J connectivity index is 2.17. The zero-order chi connectivity index (χ0) is 25.1. The molecule has 0 fully saturated rings. The van der Waals surface area contributed by atoms with Gasteiger partial charge in [-0.25, -0.2) is 9.18 Å². The van der Waals surface area contributed by atoms with Crippen LogP contribution in [0.15, 0.2) is 42.5 Å². The second kappa shape index (κ2) is 13.3. The maximum Gasteiger partial charge on any atom is 0.407 e. The second-order valence-corrected chi connectivity index (χ2v) is 8.84. The predicted molar refractivity (Wildman–Crippen MR) is 131 cm³/mol. The van der Waals surface area contributed by atoms with E-state index in [1.54, 1.807) is 32.0 Å². The molecule has 2 atom stereocenters. The Morgan fingerprint density at radius 1 is 1.18 bits per heavy atom. The number of carboxylic acid groups (broad SMARTS) is 1. The number of nitrogens with one attached hydrogen (secondary N) is 1. The number of carbonyl (C=O) groups is 2. The fraction of sp³-hybridized carbons (Fsp3) is 0.462. The van der Waals surface area contributed by atoms with Crippen molar-refractivity contribution in [3.8, 4) is 11.1 Å². The first-order valence-corrected chi connectivity index (χ1v) is 11.9. The molecular weight excluding hydrogens is 461 g/mol. The lowest BCUT2D eigenvalue weighted by Gasteiger charge is -2.34. The van der Waals surface area contributed by atoms with Crippen LogP contribution in [0.25, 0.3) is 11.1 Å². The zero-order valence-corrected chi connectivity index (χ0v) is 20.7. The van der Waals surface area contributed by atoms with Crippen molar-refractivity contribution >= 4 is 23.7 Å². The Morgan fingerprint density at radius 2 is 1.88 bits per heavy atom. The molecule has 0 heterocycles. The molecule has 8 heteroatoms. The minimum atomic E-state index is -1.34. The molecule has 0 saturated heterocycles. The third kappa shape index (κ3) is 7.71. The second-order valence-electron chi connectivity index (χ2n) is 8.41. The first-order chi connectivity index (χ1) is 16.2. The minimum absolute atomic E-state index is 0.0499. The smallest absolute Gasteiger partial charge is 0.407 e. The Morgan fingerprint density at radius 3 is 2.50 bits per heavy atom. The van der Waals surface area contributed by atoms with Gasteiger partial charge in [0.05, 0.1) is 19.3 Å². The maximum absolute atomic E-state index is 14.2. The van der Waals surface area contributed by atoms with E-state index in [9.17, 15) is 19.1 Å². The first kappa shape index (κ1) is 27.6. The van der Waals surface area contributed by atoms with Gasteiger partial charge in [-0.15, -0.1) is 0 Å². The fourth-order valence-electron chi connectivity index (χ4n) is 3.55. The molecule has 0 bridgehead atoms. The molecule has 0 aromatic heterocycles. The summed E-state index contributed by atoms with van der Waals surface area (Å²) in [4.78, 5) is 24.5. The summed E-state index contributed by atoms with van der Waals surface area (Å²) in [5, 5.41) is 13.1. The highest BCUT2D eigenvalue weighted by Crippen LogP contribution is 2.29. The van der Waals surface area contributed by atoms with Gasteiger partial charge in [0, 0.05) is 17.2 Å². The summed E-state index contributed by atoms with van der Waals surface area (Å²) in [6.45, 7) is 5.91. The van der Waals surface area contributed by atoms with Crippen molar-refractivity contribution in [2.24, 2.45) is 5.41 Å². The number of aliphatic carboxylic acids is 1. The number of ether oxygens (including phenoxy) is 2.